The summed E-state index contributed by atoms with van der Waals surface area (Å²) in [4.78, 5) is 12.5. The maximum Gasteiger partial charge on any atom is 0.167 e. The summed E-state index contributed by atoms with van der Waals surface area (Å²) in [6.07, 6.45) is 1.74. The van der Waals surface area contributed by atoms with E-state index in [1.807, 2.05) is 36.4 Å². The van der Waals surface area contributed by atoms with Gasteiger partial charge in [-0.05, 0) is 30.0 Å². The Bertz CT molecular complexity index is 579. The molecule has 0 saturated carbocycles. The number of halogens is 1. The molecule has 0 unspecified atom stereocenters. The fraction of sp³-hybridized carbons (Fsp3) is 0.188. The van der Waals surface area contributed by atoms with E-state index in [4.69, 9.17) is 0 Å². The van der Waals surface area contributed by atoms with Crippen molar-refractivity contribution in [2.45, 2.75) is 12.8 Å². The summed E-state index contributed by atoms with van der Waals surface area (Å²) in [5.41, 5.74) is 3.45. The van der Waals surface area contributed by atoms with Gasteiger partial charge in [-0.1, -0.05) is 58.4 Å². The van der Waals surface area contributed by atoms with Crippen LogP contribution in [-0.2, 0) is 12.8 Å². The van der Waals surface area contributed by atoms with Gasteiger partial charge in [0.2, 0.25) is 0 Å². The monoisotopic (exact) mass is 300 g/mol. The van der Waals surface area contributed by atoms with E-state index in [0.29, 0.717) is 0 Å². The first-order chi connectivity index (χ1) is 8.75. The van der Waals surface area contributed by atoms with E-state index >= 15 is 0 Å². The molecule has 18 heavy (non-hydrogen) atoms. The smallest absolute Gasteiger partial charge is 0.167 e. The number of hydrogen-bond acceptors (Lipinski definition) is 1. The molecule has 1 aliphatic carbocycles. The summed E-state index contributed by atoms with van der Waals surface area (Å²) in [5, 5.41) is 0. The van der Waals surface area contributed by atoms with Crippen LogP contribution in [0.3, 0.4) is 0 Å². The van der Waals surface area contributed by atoms with Crippen LogP contribution < -0.4 is 0 Å². The molecular weight excluding hydrogens is 288 g/mol. The Morgan fingerprint density at radius 2 is 1.50 bits per heavy atom. The number of Topliss-reactive ketones (excluding diaryl/α,β-unsaturated/α-hetero) is 1. The zero-order chi connectivity index (χ0) is 12.5. The van der Waals surface area contributed by atoms with Crippen LogP contribution in [0.25, 0.3) is 0 Å². The summed E-state index contributed by atoms with van der Waals surface area (Å²) < 4.78 is 0.894. The standard InChI is InChI=1S/C16H13BrO/c17-15-8-4-3-7-14(15)16(18)13-9-11-5-1-2-6-12(11)10-13/h1-8,13H,9-10H2. The van der Waals surface area contributed by atoms with Crippen LogP contribution in [0.1, 0.15) is 21.5 Å². The lowest BCUT2D eigenvalue weighted by Crippen LogP contribution is -2.15. The van der Waals surface area contributed by atoms with Gasteiger partial charge in [0.15, 0.2) is 5.78 Å². The number of rotatable bonds is 2. The molecule has 0 N–H and O–H groups in total. The normalized spacial score (nSPS) is 14.5. The molecule has 90 valence electrons. The second kappa shape index (κ2) is 4.69. The van der Waals surface area contributed by atoms with Crippen molar-refractivity contribution in [3.63, 3.8) is 0 Å². The van der Waals surface area contributed by atoms with Crippen LogP contribution in [0, 0.1) is 5.92 Å². The first-order valence-corrected chi connectivity index (χ1v) is 6.90. The molecule has 2 heteroatoms. The predicted molar refractivity (Wildman–Crippen MR) is 75.8 cm³/mol. The molecule has 0 atom stereocenters. The highest BCUT2D eigenvalue weighted by atomic mass is 79.9. The van der Waals surface area contributed by atoms with Gasteiger partial charge >= 0.3 is 0 Å². The second-order valence-corrected chi connectivity index (χ2v) is 5.57. The molecule has 1 nitrogen and oxygen atoms in total. The Hall–Kier alpha value is -1.41. The quantitative estimate of drug-likeness (QED) is 0.765. The molecule has 0 bridgehead atoms. The first-order valence-electron chi connectivity index (χ1n) is 6.11. The van der Waals surface area contributed by atoms with Gasteiger partial charge in [-0.25, -0.2) is 0 Å². The molecule has 2 aromatic carbocycles. The van der Waals surface area contributed by atoms with E-state index in [1.54, 1.807) is 0 Å². The van der Waals surface area contributed by atoms with E-state index < -0.39 is 0 Å². The van der Waals surface area contributed by atoms with Crippen LogP contribution in [0.2, 0.25) is 0 Å². The largest absolute Gasteiger partial charge is 0.294 e. The average Bonchev–Trinajstić information content (AvgIpc) is 2.82. The molecule has 0 aromatic heterocycles. The molecule has 0 heterocycles. The number of hydrogen-bond donors (Lipinski definition) is 0. The van der Waals surface area contributed by atoms with Crippen molar-refractivity contribution in [3.8, 4) is 0 Å². The highest BCUT2D eigenvalue weighted by Gasteiger charge is 2.28. The lowest BCUT2D eigenvalue weighted by molar-refractivity contribution is 0.0924. The maximum atomic E-state index is 12.5. The third kappa shape index (κ3) is 2.01. The third-order valence-electron chi connectivity index (χ3n) is 3.56. The topological polar surface area (TPSA) is 17.1 Å². The Morgan fingerprint density at radius 3 is 2.11 bits per heavy atom. The summed E-state index contributed by atoms with van der Waals surface area (Å²) in [7, 11) is 0. The Balaban J connectivity index is 1.87. The first kappa shape index (κ1) is 11.7. The number of fused-ring (bicyclic) bond motifs is 1. The lowest BCUT2D eigenvalue weighted by Gasteiger charge is -2.09. The zero-order valence-corrected chi connectivity index (χ0v) is 11.5. The molecular formula is C16H13BrO. The minimum Gasteiger partial charge on any atom is -0.294 e. The number of ketones is 1. The van der Waals surface area contributed by atoms with E-state index in [1.165, 1.54) is 11.1 Å². The molecule has 0 fully saturated rings. The van der Waals surface area contributed by atoms with Gasteiger partial charge < -0.3 is 0 Å². The van der Waals surface area contributed by atoms with Crippen molar-refractivity contribution in [3.05, 3.63) is 69.7 Å². The summed E-state index contributed by atoms with van der Waals surface area (Å²) in [5.74, 6) is 0.347. The number of carbonyl (C=O) groups is 1. The molecule has 0 amide bonds. The SMILES string of the molecule is O=C(c1ccccc1Br)C1Cc2ccccc2C1. The highest BCUT2D eigenvalue weighted by Crippen LogP contribution is 2.30. The van der Waals surface area contributed by atoms with Gasteiger partial charge in [-0.15, -0.1) is 0 Å². The molecule has 0 saturated heterocycles. The molecule has 0 radical (unpaired) electrons. The third-order valence-corrected chi connectivity index (χ3v) is 4.25. The Morgan fingerprint density at radius 1 is 0.944 bits per heavy atom. The minimum absolute atomic E-state index is 0.0982. The van der Waals surface area contributed by atoms with Crippen molar-refractivity contribution >= 4 is 21.7 Å². The summed E-state index contributed by atoms with van der Waals surface area (Å²) in [6.45, 7) is 0. The van der Waals surface area contributed by atoms with Crippen LogP contribution in [0.15, 0.2) is 53.0 Å². The van der Waals surface area contributed by atoms with Crippen molar-refractivity contribution < 1.29 is 4.79 Å². The average molecular weight is 301 g/mol. The van der Waals surface area contributed by atoms with E-state index in [2.05, 4.69) is 28.1 Å². The van der Waals surface area contributed by atoms with Gasteiger partial charge in [-0.3, -0.25) is 4.79 Å². The Labute approximate surface area is 115 Å². The van der Waals surface area contributed by atoms with E-state index in [-0.39, 0.29) is 11.7 Å². The number of benzene rings is 2. The second-order valence-electron chi connectivity index (χ2n) is 4.72. The minimum atomic E-state index is 0.0982. The molecule has 2 aromatic rings. The maximum absolute atomic E-state index is 12.5. The summed E-state index contributed by atoms with van der Waals surface area (Å²) >= 11 is 3.46. The predicted octanol–water partition coefficient (Wildman–Crippen LogP) is 4.05. The van der Waals surface area contributed by atoms with Gasteiger partial charge in [0.05, 0.1) is 0 Å². The van der Waals surface area contributed by atoms with Crippen LogP contribution in [-0.4, -0.2) is 5.78 Å². The van der Waals surface area contributed by atoms with E-state index in [0.717, 1.165) is 22.9 Å². The molecule has 0 aliphatic heterocycles. The summed E-state index contributed by atoms with van der Waals surface area (Å²) in [6, 6.07) is 16.0. The zero-order valence-electron chi connectivity index (χ0n) is 9.90. The fourth-order valence-electron chi connectivity index (χ4n) is 2.63. The molecule has 0 spiro atoms. The van der Waals surface area contributed by atoms with Gasteiger partial charge in [0.1, 0.15) is 0 Å². The van der Waals surface area contributed by atoms with Gasteiger partial charge in [0.25, 0.3) is 0 Å². The van der Waals surface area contributed by atoms with Crippen molar-refractivity contribution in [1.82, 2.24) is 0 Å². The van der Waals surface area contributed by atoms with Crippen LogP contribution in [0.4, 0.5) is 0 Å². The highest BCUT2D eigenvalue weighted by molar-refractivity contribution is 9.10. The van der Waals surface area contributed by atoms with Gasteiger partial charge in [0, 0.05) is 16.0 Å². The molecule has 1 aliphatic rings. The number of carbonyl (C=O) groups excluding carboxylic acids is 1. The Kier molecular flexibility index (Phi) is 3.04. The van der Waals surface area contributed by atoms with Crippen LogP contribution in [0.5, 0.6) is 0 Å². The fourth-order valence-corrected chi connectivity index (χ4v) is 3.11. The molecule has 3 rings (SSSR count). The van der Waals surface area contributed by atoms with Crippen LogP contribution >= 0.6 is 15.9 Å². The lowest BCUT2D eigenvalue weighted by atomic mass is 9.95. The van der Waals surface area contributed by atoms with Crippen molar-refractivity contribution in [2.24, 2.45) is 5.92 Å². The van der Waals surface area contributed by atoms with Gasteiger partial charge in [-0.2, -0.15) is 0 Å². The van der Waals surface area contributed by atoms with E-state index in [9.17, 15) is 4.79 Å². The van der Waals surface area contributed by atoms with Crippen molar-refractivity contribution in [1.29, 1.82) is 0 Å². The van der Waals surface area contributed by atoms with Crippen molar-refractivity contribution in [2.75, 3.05) is 0 Å².